The Kier molecular flexibility index (Phi) is 3.57. The molecule has 0 radical (unpaired) electrons. The van der Waals surface area contributed by atoms with Gasteiger partial charge in [-0.15, -0.1) is 0 Å². The monoisotopic (exact) mass is 256 g/mol. The van der Waals surface area contributed by atoms with Crippen LogP contribution < -0.4 is 4.74 Å². The summed E-state index contributed by atoms with van der Waals surface area (Å²) >= 11 is 6.04. The van der Waals surface area contributed by atoms with Gasteiger partial charge in [-0.3, -0.25) is 0 Å². The number of halogens is 1. The number of ether oxygens (including phenoxy) is 2. The second kappa shape index (κ2) is 4.96. The van der Waals surface area contributed by atoms with Gasteiger partial charge in [0, 0.05) is 18.6 Å². The van der Waals surface area contributed by atoms with Crippen LogP contribution in [0.2, 0.25) is 5.02 Å². The molecular formula is C12H13ClO4. The summed E-state index contributed by atoms with van der Waals surface area (Å²) in [6.45, 7) is 1.76. The highest BCUT2D eigenvalue weighted by Gasteiger charge is 2.12. The highest BCUT2D eigenvalue weighted by molar-refractivity contribution is 6.32. The first-order chi connectivity index (χ1) is 8.11. The molecular weight excluding hydrogens is 244 g/mol. The van der Waals surface area contributed by atoms with E-state index in [1.807, 2.05) is 0 Å². The van der Waals surface area contributed by atoms with Crippen molar-refractivity contribution in [2.75, 3.05) is 13.9 Å². The van der Waals surface area contributed by atoms with Gasteiger partial charge in [0.1, 0.15) is 23.2 Å². The molecule has 1 aromatic carbocycles. The van der Waals surface area contributed by atoms with Crippen molar-refractivity contribution in [2.24, 2.45) is 0 Å². The Morgan fingerprint density at radius 3 is 2.82 bits per heavy atom. The van der Waals surface area contributed by atoms with Gasteiger partial charge in [-0.25, -0.2) is 0 Å². The van der Waals surface area contributed by atoms with Crippen molar-refractivity contribution in [3.05, 3.63) is 29.0 Å². The molecule has 1 atom stereocenters. The van der Waals surface area contributed by atoms with Crippen molar-refractivity contribution >= 4 is 22.6 Å². The van der Waals surface area contributed by atoms with Gasteiger partial charge in [-0.05, 0) is 19.1 Å². The van der Waals surface area contributed by atoms with E-state index >= 15 is 0 Å². The third kappa shape index (κ3) is 2.54. The van der Waals surface area contributed by atoms with E-state index in [-0.39, 0.29) is 6.79 Å². The molecule has 5 heteroatoms. The van der Waals surface area contributed by atoms with Crippen LogP contribution in [0, 0.1) is 0 Å². The lowest BCUT2D eigenvalue weighted by molar-refractivity contribution is 0.0512. The highest BCUT2D eigenvalue weighted by atomic mass is 35.5. The summed E-state index contributed by atoms with van der Waals surface area (Å²) in [6, 6.07) is 5.17. The maximum atomic E-state index is 9.43. The molecule has 1 N–H and O–H groups in total. The van der Waals surface area contributed by atoms with Crippen LogP contribution in [-0.2, 0) is 4.74 Å². The largest absolute Gasteiger partial charge is 0.466 e. The second-order valence-corrected chi connectivity index (χ2v) is 4.10. The van der Waals surface area contributed by atoms with Crippen molar-refractivity contribution in [3.63, 3.8) is 0 Å². The van der Waals surface area contributed by atoms with Crippen LogP contribution in [-0.4, -0.2) is 19.0 Å². The summed E-state index contributed by atoms with van der Waals surface area (Å²) in [5.74, 6) is 0.993. The number of furan rings is 1. The molecule has 1 aromatic heterocycles. The van der Waals surface area contributed by atoms with E-state index in [2.05, 4.69) is 0 Å². The summed E-state index contributed by atoms with van der Waals surface area (Å²) in [5.41, 5.74) is 0.622. The quantitative estimate of drug-likeness (QED) is 0.854. The fourth-order valence-corrected chi connectivity index (χ4v) is 1.73. The number of rotatable bonds is 4. The minimum Gasteiger partial charge on any atom is -0.466 e. The third-order valence-electron chi connectivity index (χ3n) is 2.33. The lowest BCUT2D eigenvalue weighted by Crippen LogP contribution is -1.98. The molecule has 1 heterocycles. The first-order valence-corrected chi connectivity index (χ1v) is 5.52. The number of methoxy groups -OCH3 is 1. The van der Waals surface area contributed by atoms with Crippen LogP contribution in [0.4, 0.5) is 0 Å². The molecule has 0 bridgehead atoms. The fraction of sp³-hybridized carbons (Fsp3) is 0.333. The third-order valence-corrected chi connectivity index (χ3v) is 2.63. The summed E-state index contributed by atoms with van der Waals surface area (Å²) < 4.78 is 15.6. The zero-order chi connectivity index (χ0) is 12.4. The Hall–Kier alpha value is -1.23. The van der Waals surface area contributed by atoms with Crippen molar-refractivity contribution in [1.29, 1.82) is 0 Å². The van der Waals surface area contributed by atoms with Crippen LogP contribution in [0.15, 0.2) is 22.6 Å². The van der Waals surface area contributed by atoms with Gasteiger partial charge in [0.05, 0.1) is 5.02 Å². The average Bonchev–Trinajstić information content (AvgIpc) is 2.68. The number of fused-ring (bicyclic) bond motifs is 1. The van der Waals surface area contributed by atoms with Crippen molar-refractivity contribution < 1.29 is 19.0 Å². The zero-order valence-corrected chi connectivity index (χ0v) is 10.3. The van der Waals surface area contributed by atoms with Gasteiger partial charge in [0.15, 0.2) is 6.79 Å². The average molecular weight is 257 g/mol. The maximum absolute atomic E-state index is 9.43. The fourth-order valence-electron chi connectivity index (χ4n) is 1.50. The molecule has 0 aliphatic rings. The minimum absolute atomic E-state index is 0.120. The van der Waals surface area contributed by atoms with Crippen molar-refractivity contribution in [2.45, 2.75) is 13.0 Å². The second-order valence-electron chi connectivity index (χ2n) is 3.70. The zero-order valence-electron chi connectivity index (χ0n) is 9.57. The number of hydrogen-bond acceptors (Lipinski definition) is 4. The van der Waals surface area contributed by atoms with Crippen LogP contribution >= 0.6 is 11.6 Å². The molecule has 0 spiro atoms. The molecule has 1 unspecified atom stereocenters. The number of benzene rings is 1. The van der Waals surface area contributed by atoms with Gasteiger partial charge in [-0.2, -0.15) is 0 Å². The van der Waals surface area contributed by atoms with Gasteiger partial charge >= 0.3 is 0 Å². The standard InChI is InChI=1S/C12H13ClO4/c1-7(14)10-4-8-3-9(13)12(16-6-15-2)5-11(8)17-10/h3-5,7,14H,6H2,1-2H3. The molecule has 0 saturated heterocycles. The van der Waals surface area contributed by atoms with Crippen molar-refractivity contribution in [3.8, 4) is 5.75 Å². The molecule has 4 nitrogen and oxygen atoms in total. The molecule has 0 aliphatic heterocycles. The minimum atomic E-state index is -0.649. The van der Waals surface area contributed by atoms with Gasteiger partial charge in [-0.1, -0.05) is 11.6 Å². The molecule has 0 saturated carbocycles. The predicted octanol–water partition coefficient (Wildman–Crippen LogP) is 3.12. The van der Waals surface area contributed by atoms with Crippen LogP contribution in [0.3, 0.4) is 0 Å². The highest BCUT2D eigenvalue weighted by Crippen LogP contribution is 2.33. The van der Waals surface area contributed by atoms with Gasteiger partial charge in [0.2, 0.25) is 0 Å². The normalized spacial score (nSPS) is 12.9. The molecule has 2 rings (SSSR count). The summed E-state index contributed by atoms with van der Waals surface area (Å²) in [5, 5.41) is 10.7. The molecule has 0 aliphatic carbocycles. The molecule has 92 valence electrons. The topological polar surface area (TPSA) is 51.8 Å². The lowest BCUT2D eigenvalue weighted by Gasteiger charge is -2.05. The van der Waals surface area contributed by atoms with E-state index in [0.717, 1.165) is 5.39 Å². The van der Waals surface area contributed by atoms with Gasteiger partial charge < -0.3 is 19.0 Å². The predicted molar refractivity (Wildman–Crippen MR) is 64.4 cm³/mol. The Balaban J connectivity index is 2.41. The number of aliphatic hydroxyl groups excluding tert-OH is 1. The summed E-state index contributed by atoms with van der Waals surface area (Å²) in [7, 11) is 1.53. The van der Waals surface area contributed by atoms with Crippen LogP contribution in [0.5, 0.6) is 5.75 Å². The molecule has 0 fully saturated rings. The Morgan fingerprint density at radius 1 is 1.41 bits per heavy atom. The van der Waals surface area contributed by atoms with Gasteiger partial charge in [0.25, 0.3) is 0 Å². The Morgan fingerprint density at radius 2 is 2.18 bits per heavy atom. The SMILES string of the molecule is COCOc1cc2oc(C(C)O)cc2cc1Cl. The van der Waals surface area contributed by atoms with Crippen molar-refractivity contribution in [1.82, 2.24) is 0 Å². The first kappa shape index (κ1) is 12.2. The molecule has 0 amide bonds. The van der Waals surface area contributed by atoms with Crippen LogP contribution in [0.25, 0.3) is 11.0 Å². The summed E-state index contributed by atoms with van der Waals surface area (Å²) in [4.78, 5) is 0. The Labute approximate surface area is 104 Å². The van der Waals surface area contributed by atoms with E-state index in [1.165, 1.54) is 7.11 Å². The smallest absolute Gasteiger partial charge is 0.188 e. The van der Waals surface area contributed by atoms with E-state index in [1.54, 1.807) is 25.1 Å². The number of aliphatic hydroxyl groups is 1. The van der Waals surface area contributed by atoms with Crippen LogP contribution in [0.1, 0.15) is 18.8 Å². The van der Waals surface area contributed by atoms with E-state index in [4.69, 9.17) is 25.5 Å². The van der Waals surface area contributed by atoms with E-state index < -0.39 is 6.10 Å². The maximum Gasteiger partial charge on any atom is 0.188 e. The molecule has 2 aromatic rings. The molecule has 17 heavy (non-hydrogen) atoms. The first-order valence-electron chi connectivity index (χ1n) is 5.14. The van der Waals surface area contributed by atoms with E-state index in [9.17, 15) is 5.11 Å². The number of hydrogen-bond donors (Lipinski definition) is 1. The Bertz CT molecular complexity index is 518. The van der Waals surface area contributed by atoms with E-state index in [0.29, 0.717) is 22.1 Å². The summed E-state index contributed by atoms with van der Waals surface area (Å²) in [6.07, 6.45) is -0.649. The lowest BCUT2D eigenvalue weighted by atomic mass is 10.2.